The van der Waals surface area contributed by atoms with E-state index in [4.69, 9.17) is 4.42 Å². The summed E-state index contributed by atoms with van der Waals surface area (Å²) in [5.41, 5.74) is 4.03. The van der Waals surface area contributed by atoms with Crippen LogP contribution in [0.1, 0.15) is 22.9 Å². The van der Waals surface area contributed by atoms with Crippen molar-refractivity contribution >= 4 is 5.69 Å². The first-order valence-electron chi connectivity index (χ1n) is 7.45. The van der Waals surface area contributed by atoms with Crippen molar-refractivity contribution in [1.29, 1.82) is 0 Å². The summed E-state index contributed by atoms with van der Waals surface area (Å²) in [4.78, 5) is 4.83. The highest BCUT2D eigenvalue weighted by Gasteiger charge is 2.19. The van der Waals surface area contributed by atoms with Crippen LogP contribution in [0, 0.1) is 20.8 Å². The van der Waals surface area contributed by atoms with Gasteiger partial charge in [-0.3, -0.25) is 4.90 Å². The second kappa shape index (κ2) is 5.85. The molecule has 1 aromatic heterocycles. The number of aryl methyl sites for hydroxylation is 3. The number of hydrogen-bond acceptors (Lipinski definition) is 5. The molecule has 0 spiro atoms. The number of hydrogen-bond donors (Lipinski definition) is 0. The average molecular weight is 286 g/mol. The molecule has 5 nitrogen and oxygen atoms in total. The fraction of sp³-hybridized carbons (Fsp3) is 0.500. The van der Waals surface area contributed by atoms with Crippen molar-refractivity contribution in [3.05, 3.63) is 41.1 Å². The van der Waals surface area contributed by atoms with Crippen LogP contribution >= 0.6 is 0 Å². The van der Waals surface area contributed by atoms with E-state index < -0.39 is 0 Å². The van der Waals surface area contributed by atoms with Gasteiger partial charge in [0.05, 0.1) is 6.54 Å². The number of anilines is 1. The molecule has 0 aliphatic carbocycles. The summed E-state index contributed by atoms with van der Waals surface area (Å²) in [6.07, 6.45) is 0. The Bertz CT molecular complexity index is 614. The van der Waals surface area contributed by atoms with Crippen LogP contribution < -0.4 is 4.90 Å². The molecule has 1 fully saturated rings. The second-order valence-electron chi connectivity index (χ2n) is 5.77. The van der Waals surface area contributed by atoms with Gasteiger partial charge in [0.2, 0.25) is 11.8 Å². The van der Waals surface area contributed by atoms with E-state index >= 15 is 0 Å². The number of nitrogens with zero attached hydrogens (tertiary/aromatic N) is 4. The largest absolute Gasteiger partial charge is 0.424 e. The molecule has 1 aliphatic rings. The quantitative estimate of drug-likeness (QED) is 0.866. The number of benzene rings is 1. The van der Waals surface area contributed by atoms with Gasteiger partial charge in [0.1, 0.15) is 0 Å². The third-order valence-corrected chi connectivity index (χ3v) is 3.99. The first-order chi connectivity index (χ1) is 10.1. The number of piperazine rings is 1. The summed E-state index contributed by atoms with van der Waals surface area (Å²) in [5, 5.41) is 7.95. The highest BCUT2D eigenvalue weighted by molar-refractivity contribution is 5.54. The van der Waals surface area contributed by atoms with Crippen LogP contribution in [0.15, 0.2) is 22.6 Å². The molecule has 2 heterocycles. The van der Waals surface area contributed by atoms with Gasteiger partial charge in [-0.1, -0.05) is 17.7 Å². The van der Waals surface area contributed by atoms with E-state index in [0.29, 0.717) is 11.8 Å². The smallest absolute Gasteiger partial charge is 0.230 e. The zero-order chi connectivity index (χ0) is 14.8. The van der Waals surface area contributed by atoms with Crippen molar-refractivity contribution in [3.63, 3.8) is 0 Å². The summed E-state index contributed by atoms with van der Waals surface area (Å²) in [6, 6.07) is 6.68. The topological polar surface area (TPSA) is 45.4 Å². The molecule has 21 heavy (non-hydrogen) atoms. The minimum absolute atomic E-state index is 0.638. The van der Waals surface area contributed by atoms with Crippen LogP contribution in [-0.4, -0.2) is 41.3 Å². The number of aromatic nitrogens is 2. The van der Waals surface area contributed by atoms with E-state index in [2.05, 4.69) is 52.0 Å². The van der Waals surface area contributed by atoms with E-state index in [0.717, 1.165) is 32.7 Å². The Morgan fingerprint density at radius 2 is 1.81 bits per heavy atom. The fourth-order valence-corrected chi connectivity index (χ4v) is 2.90. The lowest BCUT2D eigenvalue weighted by atomic mass is 10.1. The Morgan fingerprint density at radius 1 is 1.05 bits per heavy atom. The molecule has 0 bridgehead atoms. The molecule has 0 saturated carbocycles. The van der Waals surface area contributed by atoms with Crippen molar-refractivity contribution in [2.45, 2.75) is 27.3 Å². The van der Waals surface area contributed by atoms with Crippen molar-refractivity contribution in [1.82, 2.24) is 15.1 Å². The molecule has 112 valence electrons. The minimum atomic E-state index is 0.638. The zero-order valence-electron chi connectivity index (χ0n) is 13.0. The predicted octanol–water partition coefficient (Wildman–Crippen LogP) is 2.32. The Kier molecular flexibility index (Phi) is 3.92. The summed E-state index contributed by atoms with van der Waals surface area (Å²) < 4.78 is 5.45. The minimum Gasteiger partial charge on any atom is -0.424 e. The average Bonchev–Trinajstić information content (AvgIpc) is 2.85. The maximum absolute atomic E-state index is 5.45. The van der Waals surface area contributed by atoms with Crippen LogP contribution in [0.5, 0.6) is 0 Å². The van der Waals surface area contributed by atoms with Crippen LogP contribution in [0.4, 0.5) is 5.69 Å². The molecular weight excluding hydrogens is 264 g/mol. The van der Waals surface area contributed by atoms with Crippen molar-refractivity contribution in [2.75, 3.05) is 31.1 Å². The Balaban J connectivity index is 1.59. The molecule has 0 atom stereocenters. The van der Waals surface area contributed by atoms with Gasteiger partial charge in [-0.05, 0) is 25.5 Å². The number of rotatable bonds is 3. The van der Waals surface area contributed by atoms with E-state index in [1.165, 1.54) is 16.8 Å². The lowest BCUT2D eigenvalue weighted by Gasteiger charge is -2.36. The monoisotopic (exact) mass is 286 g/mol. The first-order valence-corrected chi connectivity index (χ1v) is 7.45. The van der Waals surface area contributed by atoms with Crippen LogP contribution in [0.3, 0.4) is 0 Å². The highest BCUT2D eigenvalue weighted by Crippen LogP contribution is 2.22. The second-order valence-corrected chi connectivity index (χ2v) is 5.77. The standard InChI is InChI=1S/C16H22N4O/c1-12-4-5-15(13(2)10-12)20-8-6-19(7-9-20)11-16-18-17-14(3)21-16/h4-5,10H,6-9,11H2,1-3H3. The molecule has 1 aromatic carbocycles. The van der Waals surface area contributed by atoms with E-state index in [1.54, 1.807) is 0 Å². The van der Waals surface area contributed by atoms with Crippen molar-refractivity contribution in [2.24, 2.45) is 0 Å². The first kappa shape index (κ1) is 14.1. The van der Waals surface area contributed by atoms with Crippen molar-refractivity contribution < 1.29 is 4.42 Å². The van der Waals surface area contributed by atoms with Gasteiger partial charge < -0.3 is 9.32 Å². The van der Waals surface area contributed by atoms with E-state index in [-0.39, 0.29) is 0 Å². The van der Waals surface area contributed by atoms with Crippen LogP contribution in [0.2, 0.25) is 0 Å². The van der Waals surface area contributed by atoms with E-state index in [1.807, 2.05) is 6.92 Å². The molecule has 1 aliphatic heterocycles. The maximum atomic E-state index is 5.45. The zero-order valence-corrected chi connectivity index (χ0v) is 13.0. The third-order valence-electron chi connectivity index (χ3n) is 3.99. The normalized spacial score (nSPS) is 16.4. The predicted molar refractivity (Wildman–Crippen MR) is 82.4 cm³/mol. The van der Waals surface area contributed by atoms with Gasteiger partial charge in [-0.15, -0.1) is 10.2 Å². The third kappa shape index (κ3) is 3.24. The van der Waals surface area contributed by atoms with Gasteiger partial charge in [0.25, 0.3) is 0 Å². The molecule has 1 saturated heterocycles. The van der Waals surface area contributed by atoms with Gasteiger partial charge in [0.15, 0.2) is 0 Å². The lowest BCUT2D eigenvalue weighted by molar-refractivity contribution is 0.225. The van der Waals surface area contributed by atoms with Gasteiger partial charge in [0, 0.05) is 38.8 Å². The molecular formula is C16H22N4O. The molecule has 2 aromatic rings. The maximum Gasteiger partial charge on any atom is 0.230 e. The van der Waals surface area contributed by atoms with Crippen molar-refractivity contribution in [3.8, 4) is 0 Å². The van der Waals surface area contributed by atoms with Gasteiger partial charge >= 0.3 is 0 Å². The van der Waals surface area contributed by atoms with Gasteiger partial charge in [-0.2, -0.15) is 0 Å². The Morgan fingerprint density at radius 3 is 2.43 bits per heavy atom. The van der Waals surface area contributed by atoms with E-state index in [9.17, 15) is 0 Å². The molecule has 5 heteroatoms. The summed E-state index contributed by atoms with van der Waals surface area (Å²) in [7, 11) is 0. The molecule has 3 rings (SSSR count). The molecule has 0 N–H and O–H groups in total. The SMILES string of the molecule is Cc1ccc(N2CCN(Cc3nnc(C)o3)CC2)c(C)c1. The molecule has 0 unspecified atom stereocenters. The fourth-order valence-electron chi connectivity index (χ4n) is 2.90. The Hall–Kier alpha value is -1.88. The van der Waals surface area contributed by atoms with Gasteiger partial charge in [-0.25, -0.2) is 0 Å². The lowest BCUT2D eigenvalue weighted by Crippen LogP contribution is -2.46. The summed E-state index contributed by atoms with van der Waals surface area (Å²) in [5.74, 6) is 1.35. The van der Waals surface area contributed by atoms with Crippen LogP contribution in [-0.2, 0) is 6.54 Å². The summed E-state index contributed by atoms with van der Waals surface area (Å²) in [6.45, 7) is 11.0. The Labute approximate surface area is 125 Å². The molecule has 0 radical (unpaired) electrons. The highest BCUT2D eigenvalue weighted by atomic mass is 16.4. The van der Waals surface area contributed by atoms with Crippen LogP contribution in [0.25, 0.3) is 0 Å². The molecule has 0 amide bonds. The summed E-state index contributed by atoms with van der Waals surface area (Å²) >= 11 is 0.